The number of ether oxygens (including phenoxy) is 1. The van der Waals surface area contributed by atoms with Gasteiger partial charge in [-0.15, -0.1) is 0 Å². The van der Waals surface area contributed by atoms with E-state index in [1.807, 2.05) is 31.2 Å². The molecule has 0 spiro atoms. The van der Waals surface area contributed by atoms with Crippen LogP contribution in [0, 0.1) is 6.92 Å². The van der Waals surface area contributed by atoms with Crippen molar-refractivity contribution in [3.05, 3.63) is 48.0 Å². The number of nitrogens with one attached hydrogen (secondary N) is 2. The lowest BCUT2D eigenvalue weighted by molar-refractivity contribution is -0.115. The molecule has 7 nitrogen and oxygen atoms in total. The summed E-state index contributed by atoms with van der Waals surface area (Å²) in [6, 6.07) is 12.6. The summed E-state index contributed by atoms with van der Waals surface area (Å²) in [5, 5.41) is 6.04. The molecule has 3 rings (SSSR count). The van der Waals surface area contributed by atoms with Gasteiger partial charge in [0.1, 0.15) is 10.6 Å². The van der Waals surface area contributed by atoms with E-state index in [4.69, 9.17) is 4.74 Å². The van der Waals surface area contributed by atoms with Crippen LogP contribution in [0.3, 0.4) is 0 Å². The van der Waals surface area contributed by atoms with Gasteiger partial charge in [-0.25, -0.2) is 8.42 Å². The number of piperidine rings is 1. The Morgan fingerprint density at radius 2 is 1.83 bits per heavy atom. The van der Waals surface area contributed by atoms with Crippen molar-refractivity contribution in [1.82, 2.24) is 4.31 Å². The van der Waals surface area contributed by atoms with Crippen LogP contribution in [-0.2, 0) is 14.8 Å². The number of nitrogens with zero attached hydrogens (tertiary/aromatic N) is 1. The van der Waals surface area contributed by atoms with E-state index in [1.54, 1.807) is 12.1 Å². The molecule has 1 heterocycles. The highest BCUT2D eigenvalue weighted by Crippen LogP contribution is 2.31. The molecular formula is C22H29N3O4S. The second-order valence-electron chi connectivity index (χ2n) is 7.37. The molecule has 0 unspecified atom stereocenters. The number of aryl methyl sites for hydroxylation is 1. The first-order valence-corrected chi connectivity index (χ1v) is 11.6. The summed E-state index contributed by atoms with van der Waals surface area (Å²) in [7, 11) is -2.23. The van der Waals surface area contributed by atoms with Crippen molar-refractivity contribution >= 4 is 27.3 Å². The normalized spacial score (nSPS) is 14.9. The van der Waals surface area contributed by atoms with Gasteiger partial charge in [-0.1, -0.05) is 24.6 Å². The number of benzene rings is 2. The van der Waals surface area contributed by atoms with Crippen LogP contribution in [0.25, 0.3) is 0 Å². The lowest BCUT2D eigenvalue weighted by atomic mass is 10.2. The van der Waals surface area contributed by atoms with E-state index in [-0.39, 0.29) is 23.0 Å². The highest BCUT2D eigenvalue weighted by Gasteiger charge is 2.29. The monoisotopic (exact) mass is 431 g/mol. The molecule has 0 aliphatic carbocycles. The Kier molecular flexibility index (Phi) is 7.33. The summed E-state index contributed by atoms with van der Waals surface area (Å²) in [6.07, 6.45) is 3.00. The van der Waals surface area contributed by atoms with Crippen LogP contribution in [0.1, 0.15) is 31.2 Å². The Morgan fingerprint density at radius 1 is 1.10 bits per heavy atom. The van der Waals surface area contributed by atoms with Gasteiger partial charge in [-0.05, 0) is 49.6 Å². The van der Waals surface area contributed by atoms with Crippen molar-refractivity contribution in [2.24, 2.45) is 0 Å². The van der Waals surface area contributed by atoms with Crippen LogP contribution in [0.15, 0.2) is 47.4 Å². The number of hydrogen-bond donors (Lipinski definition) is 2. The molecule has 1 amide bonds. The summed E-state index contributed by atoms with van der Waals surface area (Å²) < 4.78 is 32.9. The molecule has 1 saturated heterocycles. The molecule has 0 radical (unpaired) electrons. The number of methoxy groups -OCH3 is 1. The number of hydrogen-bond acceptors (Lipinski definition) is 5. The maximum Gasteiger partial charge on any atom is 0.246 e. The van der Waals surface area contributed by atoms with Crippen molar-refractivity contribution in [1.29, 1.82) is 0 Å². The van der Waals surface area contributed by atoms with Gasteiger partial charge in [-0.2, -0.15) is 4.31 Å². The molecule has 0 atom stereocenters. The minimum absolute atomic E-state index is 0.0859. The Bertz CT molecular complexity index is 986. The number of anilines is 2. The summed E-state index contributed by atoms with van der Waals surface area (Å²) in [6.45, 7) is 3.50. The van der Waals surface area contributed by atoms with Gasteiger partial charge in [0, 0.05) is 37.4 Å². The van der Waals surface area contributed by atoms with Crippen LogP contribution < -0.4 is 15.4 Å². The number of carbonyl (C=O) groups is 1. The largest absolute Gasteiger partial charge is 0.495 e. The third kappa shape index (κ3) is 5.31. The van der Waals surface area contributed by atoms with Gasteiger partial charge in [0.15, 0.2) is 0 Å². The first-order valence-electron chi connectivity index (χ1n) is 10.2. The zero-order valence-electron chi connectivity index (χ0n) is 17.5. The molecule has 0 bridgehead atoms. The average molecular weight is 432 g/mol. The van der Waals surface area contributed by atoms with E-state index in [1.165, 1.54) is 17.5 Å². The molecule has 0 aromatic heterocycles. The van der Waals surface area contributed by atoms with E-state index in [0.717, 1.165) is 30.5 Å². The predicted molar refractivity (Wildman–Crippen MR) is 119 cm³/mol. The highest BCUT2D eigenvalue weighted by atomic mass is 32.2. The summed E-state index contributed by atoms with van der Waals surface area (Å²) >= 11 is 0. The number of rotatable bonds is 8. The van der Waals surface area contributed by atoms with Crippen molar-refractivity contribution in [2.45, 2.75) is 37.5 Å². The van der Waals surface area contributed by atoms with Crippen LogP contribution >= 0.6 is 0 Å². The van der Waals surface area contributed by atoms with Gasteiger partial charge in [-0.3, -0.25) is 4.79 Å². The fourth-order valence-corrected chi connectivity index (χ4v) is 5.20. The smallest absolute Gasteiger partial charge is 0.246 e. The van der Waals surface area contributed by atoms with E-state index < -0.39 is 10.0 Å². The zero-order valence-corrected chi connectivity index (χ0v) is 18.3. The van der Waals surface area contributed by atoms with Crippen molar-refractivity contribution in [3.63, 3.8) is 0 Å². The van der Waals surface area contributed by atoms with E-state index in [0.29, 0.717) is 25.3 Å². The lowest BCUT2D eigenvalue weighted by Crippen LogP contribution is -2.35. The third-order valence-electron chi connectivity index (χ3n) is 5.19. The standard InChI is InChI=1S/C22H29N3O4S/c1-17-8-4-5-9-19(17)23-13-12-22(26)24-18-10-11-20(29-2)21(16-18)30(27,28)25-14-6-3-7-15-25/h4-5,8-11,16,23H,3,6-7,12-15H2,1-2H3,(H,24,26). The first kappa shape index (κ1) is 22.1. The van der Waals surface area contributed by atoms with Crippen molar-refractivity contribution in [2.75, 3.05) is 37.4 Å². The maximum atomic E-state index is 13.1. The van der Waals surface area contributed by atoms with Gasteiger partial charge in [0.2, 0.25) is 15.9 Å². The predicted octanol–water partition coefficient (Wildman–Crippen LogP) is 3.62. The molecular weight excluding hydrogens is 402 g/mol. The van der Waals surface area contributed by atoms with Gasteiger partial charge < -0.3 is 15.4 Å². The maximum absolute atomic E-state index is 13.1. The number of carbonyl (C=O) groups excluding carboxylic acids is 1. The van der Waals surface area contributed by atoms with E-state index in [2.05, 4.69) is 10.6 Å². The van der Waals surface area contributed by atoms with Crippen molar-refractivity contribution in [3.8, 4) is 5.75 Å². The fraction of sp³-hybridized carbons (Fsp3) is 0.409. The van der Waals surface area contributed by atoms with Crippen LogP contribution in [0.2, 0.25) is 0 Å². The van der Waals surface area contributed by atoms with Gasteiger partial charge >= 0.3 is 0 Å². The topological polar surface area (TPSA) is 87.7 Å². The molecule has 2 aromatic carbocycles. The Hall–Kier alpha value is -2.58. The summed E-state index contributed by atoms with van der Waals surface area (Å²) in [4.78, 5) is 12.4. The van der Waals surface area contributed by atoms with Crippen LogP contribution in [0.5, 0.6) is 5.75 Å². The summed E-state index contributed by atoms with van der Waals surface area (Å²) in [5.41, 5.74) is 2.54. The molecule has 1 aliphatic rings. The Balaban J connectivity index is 1.67. The number of sulfonamides is 1. The molecule has 2 N–H and O–H groups in total. The number of amides is 1. The van der Waals surface area contributed by atoms with Crippen molar-refractivity contribution < 1.29 is 17.9 Å². The lowest BCUT2D eigenvalue weighted by Gasteiger charge is -2.26. The van der Waals surface area contributed by atoms with Crippen LogP contribution in [0.4, 0.5) is 11.4 Å². The zero-order chi connectivity index (χ0) is 21.6. The van der Waals surface area contributed by atoms with Gasteiger partial charge in [0.05, 0.1) is 7.11 Å². The molecule has 30 heavy (non-hydrogen) atoms. The summed E-state index contributed by atoms with van der Waals surface area (Å²) in [5.74, 6) is 0.0855. The molecule has 1 aliphatic heterocycles. The quantitative estimate of drug-likeness (QED) is 0.667. The molecule has 0 saturated carbocycles. The van der Waals surface area contributed by atoms with Crippen LogP contribution in [-0.4, -0.2) is 45.4 Å². The first-order chi connectivity index (χ1) is 14.4. The Morgan fingerprint density at radius 3 is 2.53 bits per heavy atom. The molecule has 162 valence electrons. The third-order valence-corrected chi connectivity index (χ3v) is 7.11. The molecule has 1 fully saturated rings. The van der Waals surface area contributed by atoms with E-state index in [9.17, 15) is 13.2 Å². The van der Waals surface area contributed by atoms with Gasteiger partial charge in [0.25, 0.3) is 0 Å². The SMILES string of the molecule is COc1ccc(NC(=O)CCNc2ccccc2C)cc1S(=O)(=O)N1CCCCC1. The Labute approximate surface area is 178 Å². The fourth-order valence-electron chi connectivity index (χ4n) is 3.51. The molecule has 2 aromatic rings. The highest BCUT2D eigenvalue weighted by molar-refractivity contribution is 7.89. The molecule has 8 heteroatoms. The number of para-hydroxylation sites is 1. The minimum Gasteiger partial charge on any atom is -0.495 e. The second kappa shape index (κ2) is 9.95. The second-order valence-corrected chi connectivity index (χ2v) is 9.28. The van der Waals surface area contributed by atoms with E-state index >= 15 is 0 Å². The minimum atomic E-state index is -3.68. The average Bonchev–Trinajstić information content (AvgIpc) is 2.75.